The van der Waals surface area contributed by atoms with Crippen molar-refractivity contribution in [2.75, 3.05) is 38.0 Å². The summed E-state index contributed by atoms with van der Waals surface area (Å²) in [5, 5.41) is 0.793. The quantitative estimate of drug-likeness (QED) is 0.260. The number of nitrogens with two attached hydrogens (primary N) is 1. The van der Waals surface area contributed by atoms with E-state index < -0.39 is 24.3 Å². The maximum Gasteiger partial charge on any atom is 0.235 e. The average molecular weight is 515 g/mol. The van der Waals surface area contributed by atoms with Gasteiger partial charge in [0.2, 0.25) is 11.7 Å². The fourth-order valence-corrected chi connectivity index (χ4v) is 3.72. The number of halogens is 2. The number of Topliss-reactive ketones (excluding diaryl/α,β-unsaturated/α-hetero) is 1. The van der Waals surface area contributed by atoms with Crippen molar-refractivity contribution in [3.63, 3.8) is 0 Å². The minimum atomic E-state index is -0.469. The van der Waals surface area contributed by atoms with Crippen molar-refractivity contribution in [1.29, 1.82) is 0 Å². The van der Waals surface area contributed by atoms with Gasteiger partial charge in [-0.2, -0.15) is 0 Å². The van der Waals surface area contributed by atoms with E-state index in [1.807, 2.05) is 56.2 Å². The van der Waals surface area contributed by atoms with Gasteiger partial charge in [-0.3, -0.25) is 14.5 Å². The monoisotopic (exact) mass is 514 g/mol. The highest BCUT2D eigenvalue weighted by atomic mass is 35.5. The van der Waals surface area contributed by atoms with Gasteiger partial charge in [-0.25, -0.2) is 9.97 Å². The van der Waals surface area contributed by atoms with E-state index in [9.17, 15) is 9.59 Å². The van der Waals surface area contributed by atoms with E-state index in [0.717, 1.165) is 16.8 Å². The standard InChI is InChI=1S/C25H28Cl2N6O2/c1-31(2)18-11-17(24(28)32(3)4)12-19(13-18)33(15-16-6-7-20(26)21(27)10-16)23(35)14-22(34)25-29-8-5-9-30-25/h5-13,24H,14-15,28H2,1-4H3. The normalized spacial score (nSPS) is 11.9. The van der Waals surface area contributed by atoms with Gasteiger partial charge in [0.1, 0.15) is 0 Å². The first kappa shape index (κ1) is 26.6. The van der Waals surface area contributed by atoms with Crippen LogP contribution in [0, 0.1) is 0 Å². The molecule has 0 bridgehead atoms. The van der Waals surface area contributed by atoms with E-state index in [2.05, 4.69) is 9.97 Å². The first-order chi connectivity index (χ1) is 16.6. The SMILES string of the molecule is CN(C)c1cc(C(N)N(C)C)cc(N(Cc2ccc(Cl)c(Cl)c2)C(=O)CC(=O)c2ncccn2)c1. The Kier molecular flexibility index (Phi) is 8.80. The maximum absolute atomic E-state index is 13.5. The molecule has 0 aliphatic rings. The Morgan fingerprint density at radius 2 is 1.60 bits per heavy atom. The summed E-state index contributed by atoms with van der Waals surface area (Å²) in [5.41, 5.74) is 9.43. The molecule has 1 heterocycles. The van der Waals surface area contributed by atoms with E-state index in [1.165, 1.54) is 12.4 Å². The number of benzene rings is 2. The molecule has 0 radical (unpaired) electrons. The summed E-state index contributed by atoms with van der Waals surface area (Å²) in [6.07, 6.45) is 2.14. The second-order valence-corrected chi connectivity index (χ2v) is 9.30. The highest BCUT2D eigenvalue weighted by Gasteiger charge is 2.24. The van der Waals surface area contributed by atoms with Crippen LogP contribution in [-0.2, 0) is 11.3 Å². The Labute approximate surface area is 215 Å². The van der Waals surface area contributed by atoms with Crippen molar-refractivity contribution in [3.8, 4) is 0 Å². The van der Waals surface area contributed by atoms with E-state index in [4.69, 9.17) is 28.9 Å². The van der Waals surface area contributed by atoms with Gasteiger partial charge >= 0.3 is 0 Å². The molecule has 1 aromatic heterocycles. The second-order valence-electron chi connectivity index (χ2n) is 8.49. The van der Waals surface area contributed by atoms with E-state index >= 15 is 0 Å². The molecule has 0 aliphatic heterocycles. The Morgan fingerprint density at radius 3 is 2.20 bits per heavy atom. The number of ketones is 1. The summed E-state index contributed by atoms with van der Waals surface area (Å²) in [6, 6.07) is 12.5. The topological polar surface area (TPSA) is 95.7 Å². The predicted octanol–water partition coefficient (Wildman–Crippen LogP) is 4.17. The molecule has 0 aliphatic carbocycles. The molecular weight excluding hydrogens is 487 g/mol. The Bertz CT molecular complexity index is 1200. The van der Waals surface area contributed by atoms with Crippen molar-refractivity contribution in [3.05, 3.63) is 81.9 Å². The third-order valence-electron chi connectivity index (χ3n) is 5.40. The Hall–Kier alpha value is -3.04. The predicted molar refractivity (Wildman–Crippen MR) is 140 cm³/mol. The lowest BCUT2D eigenvalue weighted by Gasteiger charge is -2.28. The van der Waals surface area contributed by atoms with Crippen molar-refractivity contribution < 1.29 is 9.59 Å². The number of hydrogen-bond donors (Lipinski definition) is 1. The van der Waals surface area contributed by atoms with Gasteiger partial charge in [-0.05, 0) is 61.6 Å². The smallest absolute Gasteiger partial charge is 0.235 e. The zero-order valence-electron chi connectivity index (χ0n) is 20.1. The maximum atomic E-state index is 13.5. The van der Waals surface area contributed by atoms with Gasteiger partial charge in [-0.15, -0.1) is 0 Å². The van der Waals surface area contributed by atoms with Crippen LogP contribution in [-0.4, -0.2) is 54.7 Å². The Balaban J connectivity index is 2.05. The molecule has 1 amide bonds. The van der Waals surface area contributed by atoms with Crippen molar-refractivity contribution in [2.45, 2.75) is 19.1 Å². The lowest BCUT2D eigenvalue weighted by molar-refractivity contribution is -0.117. The molecule has 184 valence electrons. The third kappa shape index (κ3) is 6.76. The van der Waals surface area contributed by atoms with Crippen LogP contribution >= 0.6 is 23.2 Å². The number of nitrogens with zero attached hydrogens (tertiary/aromatic N) is 5. The highest BCUT2D eigenvalue weighted by molar-refractivity contribution is 6.42. The zero-order chi connectivity index (χ0) is 25.7. The molecule has 35 heavy (non-hydrogen) atoms. The molecule has 0 spiro atoms. The number of anilines is 2. The summed E-state index contributed by atoms with van der Waals surface area (Å²) in [7, 11) is 7.57. The number of amides is 1. The van der Waals surface area contributed by atoms with E-state index in [-0.39, 0.29) is 12.4 Å². The molecule has 10 heteroatoms. The number of carbonyl (C=O) groups excluding carboxylic acids is 2. The first-order valence-electron chi connectivity index (χ1n) is 10.9. The van der Waals surface area contributed by atoms with Gasteiger partial charge in [0.25, 0.3) is 0 Å². The van der Waals surface area contributed by atoms with Crippen LogP contribution in [0.3, 0.4) is 0 Å². The molecular formula is C25H28Cl2N6O2. The molecule has 2 N–H and O–H groups in total. The van der Waals surface area contributed by atoms with Crippen molar-refractivity contribution in [2.24, 2.45) is 5.73 Å². The zero-order valence-corrected chi connectivity index (χ0v) is 21.6. The summed E-state index contributed by atoms with van der Waals surface area (Å²) in [5.74, 6) is -0.884. The van der Waals surface area contributed by atoms with Crippen LogP contribution in [0.4, 0.5) is 11.4 Å². The van der Waals surface area contributed by atoms with E-state index in [1.54, 1.807) is 29.2 Å². The largest absolute Gasteiger partial charge is 0.378 e. The molecule has 1 atom stereocenters. The van der Waals surface area contributed by atoms with E-state index in [0.29, 0.717) is 15.7 Å². The van der Waals surface area contributed by atoms with Gasteiger partial charge < -0.3 is 15.5 Å². The van der Waals surface area contributed by atoms with Gasteiger partial charge in [0, 0.05) is 37.9 Å². The first-order valence-corrected chi connectivity index (χ1v) is 11.6. The van der Waals surface area contributed by atoms with Gasteiger partial charge in [0.15, 0.2) is 5.82 Å². The Morgan fingerprint density at radius 1 is 0.943 bits per heavy atom. The lowest BCUT2D eigenvalue weighted by Crippen LogP contribution is -2.33. The molecule has 8 nitrogen and oxygen atoms in total. The molecule has 0 fully saturated rings. The average Bonchev–Trinajstić information content (AvgIpc) is 2.84. The van der Waals surface area contributed by atoms with Crippen LogP contribution in [0.15, 0.2) is 54.9 Å². The summed E-state index contributed by atoms with van der Waals surface area (Å²) >= 11 is 12.3. The van der Waals surface area contributed by atoms with Crippen molar-refractivity contribution >= 4 is 46.3 Å². The van der Waals surface area contributed by atoms with Crippen LogP contribution < -0.4 is 15.5 Å². The highest BCUT2D eigenvalue weighted by Crippen LogP contribution is 2.30. The second kappa shape index (κ2) is 11.6. The van der Waals surface area contributed by atoms with Crippen LogP contribution in [0.1, 0.15) is 34.3 Å². The summed E-state index contributed by atoms with van der Waals surface area (Å²) in [6.45, 7) is 0.173. The number of hydrogen-bond acceptors (Lipinski definition) is 7. The van der Waals surface area contributed by atoms with Crippen LogP contribution in [0.25, 0.3) is 0 Å². The van der Waals surface area contributed by atoms with Crippen molar-refractivity contribution in [1.82, 2.24) is 14.9 Å². The molecule has 0 saturated carbocycles. The number of rotatable bonds is 9. The minimum Gasteiger partial charge on any atom is -0.378 e. The molecule has 1 unspecified atom stereocenters. The molecule has 3 aromatic rings. The van der Waals surface area contributed by atoms with Gasteiger partial charge in [-0.1, -0.05) is 29.3 Å². The fourth-order valence-electron chi connectivity index (χ4n) is 3.40. The summed E-state index contributed by atoms with van der Waals surface area (Å²) in [4.78, 5) is 39.5. The minimum absolute atomic E-state index is 0.00676. The van der Waals surface area contributed by atoms with Crippen LogP contribution in [0.5, 0.6) is 0 Å². The lowest BCUT2D eigenvalue weighted by atomic mass is 10.1. The van der Waals surface area contributed by atoms with Crippen LogP contribution in [0.2, 0.25) is 10.0 Å². The van der Waals surface area contributed by atoms with Gasteiger partial charge in [0.05, 0.1) is 29.2 Å². The number of carbonyl (C=O) groups is 2. The summed E-state index contributed by atoms with van der Waals surface area (Å²) < 4.78 is 0. The number of aromatic nitrogens is 2. The molecule has 0 saturated heterocycles. The molecule has 3 rings (SSSR count). The molecule has 2 aromatic carbocycles. The third-order valence-corrected chi connectivity index (χ3v) is 6.14. The fraction of sp³-hybridized carbons (Fsp3) is 0.280.